The topological polar surface area (TPSA) is 47.9 Å². The molecule has 0 spiro atoms. The lowest BCUT2D eigenvalue weighted by molar-refractivity contribution is -0.137. The standard InChI is InChI=1S/C20H15F4N3O/c21-17-15(13-9-14(11-25-10-13)20(22,23)24)5-6-16(12-3-1-4-12)18(17)28-19-26-7-2-8-27-19/h2,5-12H,1,3-4H2. The highest BCUT2D eigenvalue weighted by atomic mass is 19.4. The maximum absolute atomic E-state index is 15.4. The number of benzene rings is 1. The second kappa shape index (κ2) is 7.18. The van der Waals surface area contributed by atoms with Crippen molar-refractivity contribution in [3.8, 4) is 22.9 Å². The van der Waals surface area contributed by atoms with Crippen LogP contribution in [-0.2, 0) is 6.18 Å². The van der Waals surface area contributed by atoms with Crippen molar-refractivity contribution in [3.05, 3.63) is 66.0 Å². The summed E-state index contributed by atoms with van der Waals surface area (Å²) >= 11 is 0. The zero-order chi connectivity index (χ0) is 19.7. The summed E-state index contributed by atoms with van der Waals surface area (Å²) < 4.78 is 60.0. The third-order valence-corrected chi connectivity index (χ3v) is 4.78. The first-order valence-corrected chi connectivity index (χ1v) is 8.73. The normalized spacial score (nSPS) is 14.6. The molecule has 0 unspecified atom stereocenters. The second-order valence-corrected chi connectivity index (χ2v) is 6.57. The van der Waals surface area contributed by atoms with E-state index in [2.05, 4.69) is 15.0 Å². The van der Waals surface area contributed by atoms with Crippen LogP contribution in [0.4, 0.5) is 17.6 Å². The molecule has 28 heavy (non-hydrogen) atoms. The maximum Gasteiger partial charge on any atom is 0.417 e. The Morgan fingerprint density at radius 1 is 1.04 bits per heavy atom. The number of nitrogens with zero attached hydrogens (tertiary/aromatic N) is 3. The fraction of sp³-hybridized carbons (Fsp3) is 0.250. The van der Waals surface area contributed by atoms with Gasteiger partial charge in [-0.25, -0.2) is 14.4 Å². The molecule has 1 saturated carbocycles. The number of halogens is 4. The van der Waals surface area contributed by atoms with E-state index in [1.54, 1.807) is 12.1 Å². The molecule has 0 amide bonds. The molecule has 0 radical (unpaired) electrons. The van der Waals surface area contributed by atoms with E-state index in [0.29, 0.717) is 11.8 Å². The number of aromatic nitrogens is 3. The Kier molecular flexibility index (Phi) is 4.70. The first-order chi connectivity index (χ1) is 13.4. The smallest absolute Gasteiger partial charge is 0.417 e. The molecule has 0 saturated heterocycles. The van der Waals surface area contributed by atoms with Crippen molar-refractivity contribution in [2.75, 3.05) is 0 Å². The van der Waals surface area contributed by atoms with Gasteiger partial charge in [-0.05, 0) is 30.9 Å². The lowest BCUT2D eigenvalue weighted by Crippen LogP contribution is -2.11. The Balaban J connectivity index is 1.80. The van der Waals surface area contributed by atoms with Crippen LogP contribution in [-0.4, -0.2) is 15.0 Å². The highest BCUT2D eigenvalue weighted by Crippen LogP contribution is 2.45. The fourth-order valence-electron chi connectivity index (χ4n) is 3.11. The van der Waals surface area contributed by atoms with Gasteiger partial charge in [0.1, 0.15) is 0 Å². The van der Waals surface area contributed by atoms with E-state index in [-0.39, 0.29) is 28.8 Å². The summed E-state index contributed by atoms with van der Waals surface area (Å²) in [7, 11) is 0. The molecule has 2 aromatic heterocycles. The molecule has 0 atom stereocenters. The van der Waals surface area contributed by atoms with Crippen LogP contribution >= 0.6 is 0 Å². The number of pyridine rings is 1. The SMILES string of the molecule is Fc1c(-c2cncc(C(F)(F)F)c2)ccc(C2CCC2)c1Oc1ncccn1. The molecular weight excluding hydrogens is 374 g/mol. The zero-order valence-corrected chi connectivity index (χ0v) is 14.6. The predicted molar refractivity (Wildman–Crippen MR) is 93.3 cm³/mol. The van der Waals surface area contributed by atoms with Gasteiger partial charge in [0, 0.05) is 41.5 Å². The van der Waals surface area contributed by atoms with Crippen molar-refractivity contribution in [2.24, 2.45) is 0 Å². The van der Waals surface area contributed by atoms with Crippen molar-refractivity contribution in [1.29, 1.82) is 0 Å². The van der Waals surface area contributed by atoms with Crippen LogP contribution in [0.3, 0.4) is 0 Å². The van der Waals surface area contributed by atoms with Gasteiger partial charge < -0.3 is 4.74 Å². The van der Waals surface area contributed by atoms with E-state index < -0.39 is 17.6 Å². The fourth-order valence-corrected chi connectivity index (χ4v) is 3.11. The highest BCUT2D eigenvalue weighted by Gasteiger charge is 2.32. The molecule has 2 heterocycles. The highest BCUT2D eigenvalue weighted by molar-refractivity contribution is 5.67. The average molecular weight is 389 g/mol. The summed E-state index contributed by atoms with van der Waals surface area (Å²) in [6.45, 7) is 0. The first-order valence-electron chi connectivity index (χ1n) is 8.73. The predicted octanol–water partition coefficient (Wildman–Crippen LogP) is 5.76. The van der Waals surface area contributed by atoms with Gasteiger partial charge in [-0.3, -0.25) is 4.98 Å². The summed E-state index contributed by atoms with van der Waals surface area (Å²) in [5.41, 5.74) is -0.278. The minimum Gasteiger partial charge on any atom is -0.421 e. The molecule has 144 valence electrons. The van der Waals surface area contributed by atoms with Crippen LogP contribution in [0.5, 0.6) is 11.8 Å². The van der Waals surface area contributed by atoms with Gasteiger partial charge in [0.05, 0.1) is 5.56 Å². The number of ether oxygens (including phenoxy) is 1. The van der Waals surface area contributed by atoms with E-state index in [4.69, 9.17) is 4.74 Å². The second-order valence-electron chi connectivity index (χ2n) is 6.57. The van der Waals surface area contributed by atoms with Crippen LogP contribution in [0.2, 0.25) is 0 Å². The molecule has 1 fully saturated rings. The lowest BCUT2D eigenvalue weighted by Gasteiger charge is -2.28. The van der Waals surface area contributed by atoms with Gasteiger partial charge in [0.2, 0.25) is 0 Å². The number of hydrogen-bond acceptors (Lipinski definition) is 4. The minimum absolute atomic E-state index is 0.0197. The van der Waals surface area contributed by atoms with E-state index in [0.717, 1.165) is 25.3 Å². The summed E-state index contributed by atoms with van der Waals surface area (Å²) in [4.78, 5) is 11.5. The van der Waals surface area contributed by atoms with Gasteiger partial charge in [0.15, 0.2) is 11.6 Å². The van der Waals surface area contributed by atoms with Gasteiger partial charge >= 0.3 is 12.2 Å². The third kappa shape index (κ3) is 3.54. The largest absolute Gasteiger partial charge is 0.421 e. The van der Waals surface area contributed by atoms with Crippen molar-refractivity contribution in [2.45, 2.75) is 31.4 Å². The molecule has 1 aromatic carbocycles. The summed E-state index contributed by atoms with van der Waals surface area (Å²) in [5, 5.41) is 0. The van der Waals surface area contributed by atoms with Crippen molar-refractivity contribution >= 4 is 0 Å². The average Bonchev–Trinajstić information content (AvgIpc) is 2.63. The maximum atomic E-state index is 15.4. The van der Waals surface area contributed by atoms with E-state index in [1.165, 1.54) is 24.7 Å². The zero-order valence-electron chi connectivity index (χ0n) is 14.6. The molecule has 1 aliphatic rings. The van der Waals surface area contributed by atoms with Gasteiger partial charge in [0.25, 0.3) is 0 Å². The number of alkyl halides is 3. The Labute approximate surface area is 158 Å². The van der Waals surface area contributed by atoms with Crippen molar-refractivity contribution < 1.29 is 22.3 Å². The monoisotopic (exact) mass is 389 g/mol. The Morgan fingerprint density at radius 2 is 1.79 bits per heavy atom. The number of hydrogen-bond donors (Lipinski definition) is 0. The summed E-state index contributed by atoms with van der Waals surface area (Å²) in [6, 6.07) is 5.61. The molecular formula is C20H15F4N3O. The summed E-state index contributed by atoms with van der Waals surface area (Å²) in [5.74, 6) is -0.661. The molecule has 4 nitrogen and oxygen atoms in total. The Hall–Kier alpha value is -3.03. The van der Waals surface area contributed by atoms with Gasteiger partial charge in [-0.15, -0.1) is 0 Å². The van der Waals surface area contributed by atoms with E-state index in [9.17, 15) is 13.2 Å². The van der Waals surface area contributed by atoms with E-state index >= 15 is 4.39 Å². The van der Waals surface area contributed by atoms with Crippen LogP contribution in [0, 0.1) is 5.82 Å². The van der Waals surface area contributed by atoms with Crippen LogP contribution in [0.1, 0.15) is 36.3 Å². The molecule has 0 N–H and O–H groups in total. The summed E-state index contributed by atoms with van der Waals surface area (Å²) in [6.07, 6.45) is 3.09. The Bertz CT molecular complexity index is 988. The van der Waals surface area contributed by atoms with Crippen LogP contribution < -0.4 is 4.74 Å². The minimum atomic E-state index is -4.57. The van der Waals surface area contributed by atoms with E-state index in [1.807, 2.05) is 0 Å². The van der Waals surface area contributed by atoms with Gasteiger partial charge in [-0.1, -0.05) is 18.6 Å². The molecule has 4 rings (SSSR count). The molecule has 0 bridgehead atoms. The van der Waals surface area contributed by atoms with Crippen molar-refractivity contribution in [1.82, 2.24) is 15.0 Å². The number of rotatable bonds is 4. The van der Waals surface area contributed by atoms with Crippen LogP contribution in [0.15, 0.2) is 49.1 Å². The molecule has 1 aliphatic carbocycles. The van der Waals surface area contributed by atoms with Gasteiger partial charge in [-0.2, -0.15) is 13.2 Å². The first kappa shape index (κ1) is 18.3. The van der Waals surface area contributed by atoms with Crippen molar-refractivity contribution in [3.63, 3.8) is 0 Å². The molecule has 8 heteroatoms. The lowest BCUT2D eigenvalue weighted by atomic mass is 9.79. The van der Waals surface area contributed by atoms with Crippen LogP contribution in [0.25, 0.3) is 11.1 Å². The third-order valence-electron chi connectivity index (χ3n) is 4.78. The Morgan fingerprint density at radius 3 is 2.43 bits per heavy atom. The quantitative estimate of drug-likeness (QED) is 0.533. The molecule has 3 aromatic rings. The molecule has 0 aliphatic heterocycles.